The van der Waals surface area contributed by atoms with Gasteiger partial charge in [0.05, 0.1) is 11.9 Å². The summed E-state index contributed by atoms with van der Waals surface area (Å²) in [5, 5.41) is 8.47. The normalized spacial score (nSPS) is 23.2. The predicted molar refractivity (Wildman–Crippen MR) is 106 cm³/mol. The van der Waals surface area contributed by atoms with Gasteiger partial charge in [0.2, 0.25) is 0 Å². The summed E-state index contributed by atoms with van der Waals surface area (Å²) in [6.07, 6.45) is 4.22. The van der Waals surface area contributed by atoms with Gasteiger partial charge in [-0.25, -0.2) is 9.97 Å². The van der Waals surface area contributed by atoms with Crippen LogP contribution in [0.5, 0.6) is 0 Å². The molecule has 0 spiro atoms. The molecule has 1 saturated carbocycles. The minimum absolute atomic E-state index is 0.113. The summed E-state index contributed by atoms with van der Waals surface area (Å²) < 4.78 is 0. The predicted octanol–water partition coefficient (Wildman–Crippen LogP) is 0.308. The number of anilines is 2. The summed E-state index contributed by atoms with van der Waals surface area (Å²) in [6.45, 7) is 4.37. The number of carbonyl (C=O) groups excluding carboxylic acids is 1. The van der Waals surface area contributed by atoms with Crippen molar-refractivity contribution >= 4 is 23.3 Å². The zero-order valence-electron chi connectivity index (χ0n) is 15.7. The van der Waals surface area contributed by atoms with Crippen LogP contribution in [0.25, 0.3) is 0 Å². The van der Waals surface area contributed by atoms with Crippen LogP contribution in [0.3, 0.4) is 0 Å². The maximum absolute atomic E-state index is 11.3. The van der Waals surface area contributed by atoms with Crippen LogP contribution in [0.1, 0.15) is 33.7 Å². The highest BCUT2D eigenvalue weighted by molar-refractivity contribution is 6.13. The summed E-state index contributed by atoms with van der Waals surface area (Å²) in [4.78, 5) is 26.4. The van der Waals surface area contributed by atoms with E-state index in [-0.39, 0.29) is 17.2 Å². The van der Waals surface area contributed by atoms with Crippen LogP contribution in [-0.2, 0) is 0 Å². The Hall–Kier alpha value is -3.07. The quantitative estimate of drug-likeness (QED) is 0.543. The van der Waals surface area contributed by atoms with E-state index in [4.69, 9.17) is 22.6 Å². The molecule has 0 bridgehead atoms. The minimum Gasteiger partial charge on any atom is -0.382 e. The molecule has 1 aliphatic heterocycles. The van der Waals surface area contributed by atoms with Gasteiger partial charge in [-0.2, -0.15) is 0 Å². The molecule has 2 aromatic heterocycles. The van der Waals surface area contributed by atoms with Gasteiger partial charge >= 0.3 is 0 Å². The largest absolute Gasteiger partial charge is 0.382 e. The van der Waals surface area contributed by atoms with Crippen molar-refractivity contribution in [3.63, 3.8) is 0 Å². The van der Waals surface area contributed by atoms with E-state index in [2.05, 4.69) is 19.9 Å². The lowest BCUT2D eigenvalue weighted by Gasteiger charge is -2.27. The SMILES string of the molecule is Cc1cc(C(N)=O)ncc1C(=N)c1ncc(N2CCC3C(CN)C3C2)nc1N. The first-order valence-corrected chi connectivity index (χ1v) is 9.34. The first-order valence-electron chi connectivity index (χ1n) is 9.34. The third-order valence-electron chi connectivity index (χ3n) is 5.92. The zero-order chi connectivity index (χ0) is 20.0. The Morgan fingerprint density at radius 2 is 2.11 bits per heavy atom. The van der Waals surface area contributed by atoms with Crippen LogP contribution in [0.2, 0.25) is 0 Å². The molecule has 1 amide bonds. The molecule has 0 aromatic carbocycles. The second-order valence-corrected chi connectivity index (χ2v) is 7.55. The molecule has 3 atom stereocenters. The fourth-order valence-electron chi connectivity index (χ4n) is 4.25. The van der Waals surface area contributed by atoms with Crippen molar-refractivity contribution in [2.45, 2.75) is 13.3 Å². The number of nitrogens with zero attached hydrogens (tertiary/aromatic N) is 4. The summed E-state index contributed by atoms with van der Waals surface area (Å²) in [6, 6.07) is 1.55. The first-order chi connectivity index (χ1) is 13.4. The van der Waals surface area contributed by atoms with Crippen LogP contribution < -0.4 is 22.1 Å². The third-order valence-corrected chi connectivity index (χ3v) is 5.92. The van der Waals surface area contributed by atoms with Gasteiger partial charge in [-0.1, -0.05) is 0 Å². The van der Waals surface area contributed by atoms with Crippen molar-refractivity contribution in [2.24, 2.45) is 29.2 Å². The second-order valence-electron chi connectivity index (χ2n) is 7.55. The number of amides is 1. The molecule has 4 rings (SSSR count). The van der Waals surface area contributed by atoms with Gasteiger partial charge in [-0.15, -0.1) is 0 Å². The number of hydrogen-bond acceptors (Lipinski definition) is 8. The Labute approximate surface area is 162 Å². The highest BCUT2D eigenvalue weighted by atomic mass is 16.1. The maximum atomic E-state index is 11.3. The molecule has 3 unspecified atom stereocenters. The molecule has 9 nitrogen and oxygen atoms in total. The lowest BCUT2D eigenvalue weighted by molar-refractivity contribution is 0.0995. The molecule has 146 valence electrons. The average molecular weight is 380 g/mol. The lowest BCUT2D eigenvalue weighted by Crippen LogP contribution is -2.32. The maximum Gasteiger partial charge on any atom is 0.267 e. The number of pyridine rings is 1. The fraction of sp³-hybridized carbons (Fsp3) is 0.421. The number of aromatic nitrogens is 3. The molecular weight excluding hydrogens is 356 g/mol. The summed E-state index contributed by atoms with van der Waals surface area (Å²) in [7, 11) is 0. The molecular formula is C19H24N8O. The highest BCUT2D eigenvalue weighted by Gasteiger charge is 2.51. The molecule has 1 aliphatic carbocycles. The van der Waals surface area contributed by atoms with Gasteiger partial charge < -0.3 is 22.1 Å². The molecule has 0 radical (unpaired) electrons. The molecule has 28 heavy (non-hydrogen) atoms. The number of fused-ring (bicyclic) bond motifs is 1. The number of primary amides is 1. The average Bonchev–Trinajstić information content (AvgIpc) is 3.39. The van der Waals surface area contributed by atoms with E-state index in [0.29, 0.717) is 28.7 Å². The third kappa shape index (κ3) is 3.07. The van der Waals surface area contributed by atoms with Gasteiger partial charge in [-0.3, -0.25) is 15.2 Å². The number of piperidine rings is 1. The topological polar surface area (TPSA) is 161 Å². The van der Waals surface area contributed by atoms with Gasteiger partial charge in [0.1, 0.15) is 17.2 Å². The molecule has 2 aliphatic rings. The molecule has 7 N–H and O–H groups in total. The Morgan fingerprint density at radius 3 is 2.75 bits per heavy atom. The number of nitrogens with two attached hydrogens (primary N) is 3. The zero-order valence-corrected chi connectivity index (χ0v) is 15.7. The van der Waals surface area contributed by atoms with Gasteiger partial charge in [0.15, 0.2) is 5.82 Å². The van der Waals surface area contributed by atoms with Gasteiger partial charge in [0.25, 0.3) is 5.91 Å². The number of hydrogen-bond donors (Lipinski definition) is 4. The van der Waals surface area contributed by atoms with Crippen LogP contribution in [-0.4, -0.2) is 46.2 Å². The van der Waals surface area contributed by atoms with Crippen molar-refractivity contribution in [1.29, 1.82) is 5.41 Å². The molecule has 9 heteroatoms. The Bertz CT molecular complexity index is 955. The van der Waals surface area contributed by atoms with Crippen molar-refractivity contribution in [2.75, 3.05) is 30.3 Å². The molecule has 2 fully saturated rings. The van der Waals surface area contributed by atoms with Crippen LogP contribution >= 0.6 is 0 Å². The Balaban J connectivity index is 1.55. The summed E-state index contributed by atoms with van der Waals surface area (Å²) in [5.74, 6) is 2.33. The standard InChI is InChI=1S/C19H24N8O/c1-9-4-14(19(23)28)24-6-12(9)16(21)17-18(22)26-15(7-25-17)27-3-2-10-11(5-20)13(10)8-27/h4,6-7,10-11,13,21H,2-3,5,8,20H2,1H3,(H2,22,26)(H2,23,28). The summed E-state index contributed by atoms with van der Waals surface area (Å²) >= 11 is 0. The number of rotatable bonds is 5. The van der Waals surface area contributed by atoms with Crippen molar-refractivity contribution in [1.82, 2.24) is 15.0 Å². The van der Waals surface area contributed by atoms with Crippen LogP contribution in [0, 0.1) is 30.1 Å². The van der Waals surface area contributed by atoms with Crippen LogP contribution in [0.15, 0.2) is 18.5 Å². The molecule has 2 aromatic rings. The van der Waals surface area contributed by atoms with Crippen molar-refractivity contribution < 1.29 is 4.79 Å². The number of aryl methyl sites for hydroxylation is 1. The second kappa shape index (κ2) is 6.83. The van der Waals surface area contributed by atoms with Crippen molar-refractivity contribution in [3.8, 4) is 0 Å². The fourth-order valence-corrected chi connectivity index (χ4v) is 4.25. The van der Waals surface area contributed by atoms with E-state index in [1.54, 1.807) is 19.2 Å². The molecule has 3 heterocycles. The number of nitrogens with one attached hydrogen (secondary N) is 1. The number of nitrogen functional groups attached to an aromatic ring is 1. The monoisotopic (exact) mass is 380 g/mol. The summed E-state index contributed by atoms with van der Waals surface area (Å²) in [5.41, 5.74) is 19.0. The van der Waals surface area contributed by atoms with Gasteiger partial charge in [0, 0.05) is 24.8 Å². The smallest absolute Gasteiger partial charge is 0.267 e. The van der Waals surface area contributed by atoms with E-state index < -0.39 is 5.91 Å². The van der Waals surface area contributed by atoms with E-state index in [9.17, 15) is 4.79 Å². The van der Waals surface area contributed by atoms with E-state index >= 15 is 0 Å². The lowest BCUT2D eigenvalue weighted by atomic mass is 10.0. The molecule has 1 saturated heterocycles. The first kappa shape index (κ1) is 18.3. The Morgan fingerprint density at radius 1 is 1.32 bits per heavy atom. The highest BCUT2D eigenvalue weighted by Crippen LogP contribution is 2.51. The van der Waals surface area contributed by atoms with E-state index in [1.165, 1.54) is 6.20 Å². The van der Waals surface area contributed by atoms with Crippen LogP contribution in [0.4, 0.5) is 11.6 Å². The van der Waals surface area contributed by atoms with Crippen molar-refractivity contribution in [3.05, 3.63) is 41.0 Å². The van der Waals surface area contributed by atoms with Gasteiger partial charge in [-0.05, 0) is 49.3 Å². The van der Waals surface area contributed by atoms with E-state index in [1.807, 2.05) is 0 Å². The minimum atomic E-state index is -0.610. The van der Waals surface area contributed by atoms with E-state index in [0.717, 1.165) is 37.8 Å². The Kier molecular flexibility index (Phi) is 4.46. The number of carbonyl (C=O) groups is 1.